The fourth-order valence-electron chi connectivity index (χ4n) is 2.12. The molecular weight excluding hydrogens is 349 g/mol. The van der Waals surface area contributed by atoms with Gasteiger partial charge in [-0.3, -0.25) is 13.9 Å². The Hall–Kier alpha value is -1.66. The number of phosphoric ester groups is 1. The molecule has 24 heavy (non-hydrogen) atoms. The first-order chi connectivity index (χ1) is 11.1. The van der Waals surface area contributed by atoms with Crippen LogP contribution in [0, 0.1) is 0 Å². The van der Waals surface area contributed by atoms with E-state index in [1.807, 2.05) is 0 Å². The molecule has 0 bridgehead atoms. The van der Waals surface area contributed by atoms with Crippen LogP contribution in [-0.4, -0.2) is 60.4 Å². The van der Waals surface area contributed by atoms with Crippen molar-refractivity contribution < 1.29 is 38.6 Å². The summed E-state index contributed by atoms with van der Waals surface area (Å²) in [5, 5.41) is 22.1. The van der Waals surface area contributed by atoms with Crippen molar-refractivity contribution >= 4 is 19.5 Å². The lowest BCUT2D eigenvalue weighted by atomic mass is 10.1. The predicted octanol–water partition coefficient (Wildman–Crippen LogP) is -2.07. The number of ether oxygens (including phenoxy) is 1. The molecule has 1 fully saturated rings. The minimum atomic E-state index is -4.78. The maximum absolute atomic E-state index is 12.0. The van der Waals surface area contributed by atoms with Crippen LogP contribution in [0.2, 0.25) is 0 Å². The smallest absolute Gasteiger partial charge is 0.387 e. The zero-order valence-electron chi connectivity index (χ0n) is 12.3. The van der Waals surface area contributed by atoms with Crippen LogP contribution in [0.4, 0.5) is 5.82 Å². The van der Waals surface area contributed by atoms with E-state index in [0.29, 0.717) is 0 Å². The van der Waals surface area contributed by atoms with E-state index in [9.17, 15) is 24.4 Å². The third-order valence-electron chi connectivity index (χ3n) is 3.15. The second-order valence-electron chi connectivity index (χ2n) is 5.02. The van der Waals surface area contributed by atoms with Crippen LogP contribution in [0.1, 0.15) is 13.2 Å². The molecule has 1 aliphatic heterocycles. The molecule has 1 amide bonds. The van der Waals surface area contributed by atoms with E-state index < -0.39 is 50.6 Å². The lowest BCUT2D eigenvalue weighted by Crippen LogP contribution is -2.36. The monoisotopic (exact) mass is 365 g/mol. The van der Waals surface area contributed by atoms with Gasteiger partial charge in [0.05, 0.1) is 6.61 Å². The highest BCUT2D eigenvalue weighted by molar-refractivity contribution is 7.46. The first kappa shape index (κ1) is 18.7. The van der Waals surface area contributed by atoms with Gasteiger partial charge in [0, 0.05) is 13.1 Å². The Labute approximate surface area is 134 Å². The molecule has 5 N–H and O–H groups in total. The number of hydrogen-bond acceptors (Lipinski definition) is 8. The fourth-order valence-corrected chi connectivity index (χ4v) is 2.46. The van der Waals surface area contributed by atoms with Crippen molar-refractivity contribution in [2.24, 2.45) is 0 Å². The average Bonchev–Trinajstić information content (AvgIpc) is 2.72. The van der Waals surface area contributed by atoms with Gasteiger partial charge in [-0.15, -0.1) is 0 Å². The lowest BCUT2D eigenvalue weighted by Gasteiger charge is -2.17. The Balaban J connectivity index is 2.16. The van der Waals surface area contributed by atoms with Gasteiger partial charge in [0.25, 0.3) is 0 Å². The first-order valence-electron chi connectivity index (χ1n) is 6.67. The number of anilines is 1. The van der Waals surface area contributed by atoms with Crippen LogP contribution in [0.15, 0.2) is 17.1 Å². The molecule has 1 aromatic heterocycles. The second-order valence-corrected chi connectivity index (χ2v) is 6.26. The maximum atomic E-state index is 12.0. The summed E-state index contributed by atoms with van der Waals surface area (Å²) in [6, 6.07) is 1.28. The molecule has 0 aliphatic carbocycles. The topological polar surface area (TPSA) is 180 Å². The van der Waals surface area contributed by atoms with Crippen LogP contribution >= 0.6 is 7.82 Å². The molecule has 1 saturated heterocycles. The molecular formula is C11H16N3O9P. The molecule has 13 heteroatoms. The largest absolute Gasteiger partial charge is 0.469 e. The van der Waals surface area contributed by atoms with E-state index >= 15 is 0 Å². The van der Waals surface area contributed by atoms with Crippen molar-refractivity contribution in [3.05, 3.63) is 22.7 Å². The number of nitrogens with zero attached hydrogens (tertiary/aromatic N) is 2. The van der Waals surface area contributed by atoms with Crippen molar-refractivity contribution in [3.8, 4) is 0 Å². The molecule has 0 unspecified atom stereocenters. The van der Waals surface area contributed by atoms with Gasteiger partial charge in [0.2, 0.25) is 5.91 Å². The van der Waals surface area contributed by atoms with Gasteiger partial charge in [0.15, 0.2) is 6.23 Å². The fraction of sp³-hybridized carbons (Fsp3) is 0.545. The highest BCUT2D eigenvalue weighted by Crippen LogP contribution is 2.38. The van der Waals surface area contributed by atoms with Crippen molar-refractivity contribution in [2.45, 2.75) is 31.5 Å². The molecule has 134 valence electrons. The van der Waals surface area contributed by atoms with Gasteiger partial charge < -0.3 is 30.1 Å². The molecule has 0 saturated carbocycles. The van der Waals surface area contributed by atoms with E-state index in [1.165, 1.54) is 19.2 Å². The summed E-state index contributed by atoms with van der Waals surface area (Å²) in [4.78, 5) is 43.8. The zero-order chi connectivity index (χ0) is 18.1. The van der Waals surface area contributed by atoms with Gasteiger partial charge >= 0.3 is 13.5 Å². The normalized spacial score (nSPS) is 27.2. The molecule has 4 atom stereocenters. The predicted molar refractivity (Wildman–Crippen MR) is 76.7 cm³/mol. The summed E-state index contributed by atoms with van der Waals surface area (Å²) in [5.74, 6) is -0.431. The Morgan fingerprint density at radius 3 is 2.67 bits per heavy atom. The highest BCUT2D eigenvalue weighted by Gasteiger charge is 2.45. The number of phosphoric acid groups is 1. The summed E-state index contributed by atoms with van der Waals surface area (Å²) >= 11 is 0. The quantitative estimate of drug-likeness (QED) is 0.364. The van der Waals surface area contributed by atoms with Gasteiger partial charge in [-0.2, -0.15) is 4.98 Å². The van der Waals surface area contributed by atoms with E-state index in [-0.39, 0.29) is 5.82 Å². The minimum absolute atomic E-state index is 0.00170. The number of rotatable bonds is 5. The Bertz CT molecular complexity index is 717. The van der Waals surface area contributed by atoms with Gasteiger partial charge in [-0.1, -0.05) is 0 Å². The number of nitrogens with one attached hydrogen (secondary N) is 1. The van der Waals surface area contributed by atoms with Gasteiger partial charge in [-0.25, -0.2) is 9.36 Å². The summed E-state index contributed by atoms with van der Waals surface area (Å²) in [6.07, 6.45) is -4.51. The second kappa shape index (κ2) is 7.07. The molecule has 0 aromatic carbocycles. The summed E-state index contributed by atoms with van der Waals surface area (Å²) < 4.78 is 21.0. The molecule has 2 rings (SSSR count). The van der Waals surface area contributed by atoms with Crippen LogP contribution < -0.4 is 11.0 Å². The van der Waals surface area contributed by atoms with Crippen molar-refractivity contribution in [1.29, 1.82) is 0 Å². The summed E-state index contributed by atoms with van der Waals surface area (Å²) in [5.41, 5.74) is -0.867. The van der Waals surface area contributed by atoms with Crippen LogP contribution in [0.25, 0.3) is 0 Å². The molecule has 12 nitrogen and oxygen atoms in total. The molecule has 0 spiro atoms. The zero-order valence-corrected chi connectivity index (χ0v) is 13.2. The summed E-state index contributed by atoms with van der Waals surface area (Å²) in [7, 11) is -4.78. The number of carbonyl (C=O) groups excluding carboxylic acids is 1. The molecule has 0 radical (unpaired) electrons. The molecule has 1 aromatic rings. The van der Waals surface area contributed by atoms with Crippen LogP contribution in [-0.2, 0) is 18.6 Å². The third-order valence-corrected chi connectivity index (χ3v) is 3.64. The third kappa shape index (κ3) is 4.45. The minimum Gasteiger partial charge on any atom is -0.387 e. The van der Waals surface area contributed by atoms with E-state index in [2.05, 4.69) is 14.8 Å². The van der Waals surface area contributed by atoms with Gasteiger partial charge in [-0.05, 0) is 6.07 Å². The van der Waals surface area contributed by atoms with Crippen LogP contribution in [0.5, 0.6) is 0 Å². The number of aliphatic hydroxyl groups excluding tert-OH is 2. The number of hydrogen-bond donors (Lipinski definition) is 5. The lowest BCUT2D eigenvalue weighted by molar-refractivity contribution is -0.114. The van der Waals surface area contributed by atoms with Gasteiger partial charge in [0.1, 0.15) is 24.1 Å². The Morgan fingerprint density at radius 2 is 2.12 bits per heavy atom. The SMILES string of the molecule is CC(=O)Nc1ccn([C@@H]2O[C@H](COP(=O)(O)O)[C@@H](O)[C@H]2O)c(=O)n1. The average molecular weight is 365 g/mol. The van der Waals surface area contributed by atoms with E-state index in [4.69, 9.17) is 14.5 Å². The molecule has 2 heterocycles. The van der Waals surface area contributed by atoms with Crippen molar-refractivity contribution in [2.75, 3.05) is 11.9 Å². The van der Waals surface area contributed by atoms with E-state index in [0.717, 1.165) is 4.57 Å². The number of aliphatic hydroxyl groups is 2. The van der Waals surface area contributed by atoms with Crippen molar-refractivity contribution in [3.63, 3.8) is 0 Å². The summed E-state index contributed by atoms with van der Waals surface area (Å²) in [6.45, 7) is 0.546. The maximum Gasteiger partial charge on any atom is 0.469 e. The number of aromatic nitrogens is 2. The molecule has 1 aliphatic rings. The number of amides is 1. The van der Waals surface area contributed by atoms with Crippen molar-refractivity contribution in [1.82, 2.24) is 9.55 Å². The van der Waals surface area contributed by atoms with E-state index in [1.54, 1.807) is 0 Å². The number of carbonyl (C=O) groups is 1. The van der Waals surface area contributed by atoms with Crippen LogP contribution in [0.3, 0.4) is 0 Å². The first-order valence-corrected chi connectivity index (χ1v) is 8.20. The highest BCUT2D eigenvalue weighted by atomic mass is 31.2. The Kier molecular flexibility index (Phi) is 5.50. The Morgan fingerprint density at radius 1 is 1.46 bits per heavy atom. The standard InChI is InChI=1S/C11H16N3O9P/c1-5(15)12-7-2-3-14(11(18)13-7)10-9(17)8(16)6(23-10)4-22-24(19,20)21/h2-3,6,8-10,16-17H,4H2,1H3,(H2,19,20,21)(H,12,13,15,18)/t6-,8-,9-,10-/m1/s1.